The molecule has 0 radical (unpaired) electrons. The standard InChI is InChI=1S/C26H36N4O6/c1-16(2)14-21(29-22(32)12-11-18-8-5-4-6-9-18)25(34)30-20(23(26(35)36)28-17(3)31)15-19-10-7-13-27-24(19)33/h4-6,8-9,11-12,16,19-21,23H,7,10,13-15H2,1-3H3,(H,27,33)(H,28,31)(H,29,32)(H,30,34)(H,35,36)/b12-11+/t19-,20-,21-,23+/m0/s1. The first kappa shape index (κ1) is 28.5. The van der Waals surface area contributed by atoms with Crippen LogP contribution in [0.4, 0.5) is 0 Å². The smallest absolute Gasteiger partial charge is 0.328 e. The third-order valence-corrected chi connectivity index (χ3v) is 5.86. The molecule has 5 N–H and O–H groups in total. The van der Waals surface area contributed by atoms with Crippen LogP contribution in [0.1, 0.15) is 52.0 Å². The number of nitrogens with one attached hydrogen (secondary N) is 4. The molecule has 4 atom stereocenters. The van der Waals surface area contributed by atoms with Gasteiger partial charge in [0.25, 0.3) is 0 Å². The minimum Gasteiger partial charge on any atom is -0.480 e. The molecular weight excluding hydrogens is 464 g/mol. The number of hydrogen-bond donors (Lipinski definition) is 5. The monoisotopic (exact) mass is 500 g/mol. The first-order chi connectivity index (χ1) is 17.1. The summed E-state index contributed by atoms with van der Waals surface area (Å²) in [4.78, 5) is 61.8. The van der Waals surface area contributed by atoms with Crippen molar-refractivity contribution in [2.24, 2.45) is 11.8 Å². The van der Waals surface area contributed by atoms with Crippen molar-refractivity contribution in [3.05, 3.63) is 42.0 Å². The van der Waals surface area contributed by atoms with Crippen LogP contribution in [-0.4, -0.2) is 59.4 Å². The summed E-state index contributed by atoms with van der Waals surface area (Å²) >= 11 is 0. The van der Waals surface area contributed by atoms with Crippen LogP contribution in [0.5, 0.6) is 0 Å². The maximum Gasteiger partial charge on any atom is 0.328 e. The molecule has 0 spiro atoms. The maximum atomic E-state index is 13.3. The minimum absolute atomic E-state index is 0.0328. The van der Waals surface area contributed by atoms with Crippen molar-refractivity contribution >= 4 is 35.7 Å². The fourth-order valence-electron chi connectivity index (χ4n) is 4.14. The predicted octanol–water partition coefficient (Wildman–Crippen LogP) is 1.22. The zero-order valence-corrected chi connectivity index (χ0v) is 21.0. The van der Waals surface area contributed by atoms with E-state index in [4.69, 9.17) is 0 Å². The van der Waals surface area contributed by atoms with E-state index in [1.54, 1.807) is 6.08 Å². The molecule has 1 aromatic carbocycles. The molecule has 1 aromatic rings. The molecule has 0 saturated carbocycles. The van der Waals surface area contributed by atoms with Crippen LogP contribution in [0.3, 0.4) is 0 Å². The molecule has 1 fully saturated rings. The molecule has 0 bridgehead atoms. The van der Waals surface area contributed by atoms with Crippen LogP contribution in [0.25, 0.3) is 6.08 Å². The fourth-order valence-corrected chi connectivity index (χ4v) is 4.14. The third-order valence-electron chi connectivity index (χ3n) is 5.86. The Hall–Kier alpha value is -3.69. The van der Waals surface area contributed by atoms with Gasteiger partial charge in [0.1, 0.15) is 12.1 Å². The van der Waals surface area contributed by atoms with Crippen LogP contribution in [0.15, 0.2) is 36.4 Å². The lowest BCUT2D eigenvalue weighted by Crippen LogP contribution is -2.59. The van der Waals surface area contributed by atoms with Gasteiger partial charge in [-0.3, -0.25) is 19.2 Å². The first-order valence-electron chi connectivity index (χ1n) is 12.2. The average molecular weight is 501 g/mol. The van der Waals surface area contributed by atoms with E-state index in [-0.39, 0.29) is 18.2 Å². The van der Waals surface area contributed by atoms with E-state index >= 15 is 0 Å². The highest BCUT2D eigenvalue weighted by Gasteiger charge is 2.36. The highest BCUT2D eigenvalue weighted by atomic mass is 16.4. The van der Waals surface area contributed by atoms with Gasteiger partial charge in [0, 0.05) is 25.5 Å². The highest BCUT2D eigenvalue weighted by Crippen LogP contribution is 2.20. The lowest BCUT2D eigenvalue weighted by molar-refractivity contribution is -0.143. The van der Waals surface area contributed by atoms with Gasteiger partial charge in [-0.25, -0.2) is 4.79 Å². The topological polar surface area (TPSA) is 154 Å². The molecule has 196 valence electrons. The van der Waals surface area contributed by atoms with Gasteiger partial charge in [0.05, 0.1) is 6.04 Å². The average Bonchev–Trinajstić information content (AvgIpc) is 2.82. The molecule has 1 aliphatic rings. The lowest BCUT2D eigenvalue weighted by atomic mass is 9.88. The second-order valence-corrected chi connectivity index (χ2v) is 9.43. The number of amides is 4. The van der Waals surface area contributed by atoms with Crippen molar-refractivity contribution in [1.29, 1.82) is 0 Å². The molecule has 0 aliphatic carbocycles. The molecule has 0 unspecified atom stereocenters. The Kier molecular flexibility index (Phi) is 11.1. The Balaban J connectivity index is 2.20. The SMILES string of the molecule is CC(=O)N[C@@H](C(=O)O)[C@H](C[C@@H]1CCCNC1=O)NC(=O)[C@H](CC(C)C)NC(=O)/C=C/c1ccccc1. The first-order valence-corrected chi connectivity index (χ1v) is 12.2. The molecule has 10 heteroatoms. The molecular formula is C26H36N4O6. The van der Waals surface area contributed by atoms with Gasteiger partial charge in [-0.05, 0) is 43.2 Å². The van der Waals surface area contributed by atoms with E-state index in [0.717, 1.165) is 12.0 Å². The number of aliphatic carboxylic acids is 1. The number of benzene rings is 1. The predicted molar refractivity (Wildman–Crippen MR) is 134 cm³/mol. The zero-order valence-electron chi connectivity index (χ0n) is 21.0. The van der Waals surface area contributed by atoms with Crippen LogP contribution in [0.2, 0.25) is 0 Å². The van der Waals surface area contributed by atoms with E-state index in [1.165, 1.54) is 13.0 Å². The lowest BCUT2D eigenvalue weighted by Gasteiger charge is -2.32. The van der Waals surface area contributed by atoms with Gasteiger partial charge >= 0.3 is 5.97 Å². The fraction of sp³-hybridized carbons (Fsp3) is 0.500. The van der Waals surface area contributed by atoms with E-state index in [0.29, 0.717) is 19.4 Å². The summed E-state index contributed by atoms with van der Waals surface area (Å²) in [6.07, 6.45) is 4.57. The van der Waals surface area contributed by atoms with Crippen LogP contribution in [0, 0.1) is 11.8 Å². The Morgan fingerprint density at radius 2 is 1.81 bits per heavy atom. The Morgan fingerprint density at radius 3 is 2.39 bits per heavy atom. The van der Waals surface area contributed by atoms with Gasteiger partial charge in [0.2, 0.25) is 23.6 Å². The van der Waals surface area contributed by atoms with Crippen molar-refractivity contribution in [3.8, 4) is 0 Å². The highest BCUT2D eigenvalue weighted by molar-refractivity contribution is 5.96. The third kappa shape index (κ3) is 9.52. The van der Waals surface area contributed by atoms with Gasteiger partial charge in [-0.15, -0.1) is 0 Å². The molecule has 0 aromatic heterocycles. The van der Waals surface area contributed by atoms with Crippen molar-refractivity contribution in [1.82, 2.24) is 21.3 Å². The number of rotatable bonds is 12. The molecule has 10 nitrogen and oxygen atoms in total. The molecule has 4 amide bonds. The van der Waals surface area contributed by atoms with Crippen LogP contribution < -0.4 is 21.3 Å². The van der Waals surface area contributed by atoms with Crippen molar-refractivity contribution in [2.75, 3.05) is 6.54 Å². The summed E-state index contributed by atoms with van der Waals surface area (Å²) in [5.41, 5.74) is 0.822. The van der Waals surface area contributed by atoms with Crippen molar-refractivity contribution < 1.29 is 29.1 Å². The molecule has 1 aliphatic heterocycles. The summed E-state index contributed by atoms with van der Waals surface area (Å²) in [6, 6.07) is 5.78. The summed E-state index contributed by atoms with van der Waals surface area (Å²) in [5.74, 6) is -3.64. The van der Waals surface area contributed by atoms with E-state index in [9.17, 15) is 29.1 Å². The largest absolute Gasteiger partial charge is 0.480 e. The number of piperidine rings is 1. The number of carbonyl (C=O) groups is 5. The second-order valence-electron chi connectivity index (χ2n) is 9.43. The quantitative estimate of drug-likeness (QED) is 0.272. The molecule has 1 heterocycles. The van der Waals surface area contributed by atoms with E-state index in [2.05, 4.69) is 21.3 Å². The number of carbonyl (C=O) groups excluding carboxylic acids is 4. The van der Waals surface area contributed by atoms with E-state index < -0.39 is 47.7 Å². The Labute approximate surface area is 211 Å². The van der Waals surface area contributed by atoms with Gasteiger partial charge < -0.3 is 26.4 Å². The summed E-state index contributed by atoms with van der Waals surface area (Å²) in [7, 11) is 0. The maximum absolute atomic E-state index is 13.3. The number of carboxylic acid groups (broad SMARTS) is 1. The zero-order chi connectivity index (χ0) is 26.7. The number of carboxylic acids is 1. The molecule has 2 rings (SSSR count). The van der Waals surface area contributed by atoms with Gasteiger partial charge in [0.15, 0.2) is 0 Å². The normalized spacial score (nSPS) is 18.1. The van der Waals surface area contributed by atoms with Crippen LogP contribution in [-0.2, 0) is 24.0 Å². The number of hydrogen-bond acceptors (Lipinski definition) is 5. The second kappa shape index (κ2) is 14.0. The minimum atomic E-state index is -1.44. The van der Waals surface area contributed by atoms with Crippen LogP contribution >= 0.6 is 0 Å². The summed E-state index contributed by atoms with van der Waals surface area (Å²) in [5, 5.41) is 20.3. The van der Waals surface area contributed by atoms with Crippen molar-refractivity contribution in [2.45, 2.75) is 64.6 Å². The summed E-state index contributed by atoms with van der Waals surface area (Å²) in [6.45, 7) is 5.52. The summed E-state index contributed by atoms with van der Waals surface area (Å²) < 4.78 is 0. The van der Waals surface area contributed by atoms with Gasteiger partial charge in [-0.1, -0.05) is 44.2 Å². The van der Waals surface area contributed by atoms with E-state index in [1.807, 2.05) is 44.2 Å². The Bertz CT molecular complexity index is 962. The molecule has 36 heavy (non-hydrogen) atoms. The van der Waals surface area contributed by atoms with Crippen molar-refractivity contribution in [3.63, 3.8) is 0 Å². The Morgan fingerprint density at radius 1 is 1.11 bits per heavy atom. The van der Waals surface area contributed by atoms with Gasteiger partial charge in [-0.2, -0.15) is 0 Å². The molecule has 1 saturated heterocycles.